The van der Waals surface area contributed by atoms with E-state index < -0.39 is 0 Å². The van der Waals surface area contributed by atoms with E-state index in [4.69, 9.17) is 23.2 Å². The Morgan fingerprint density at radius 1 is 1.09 bits per heavy atom. The van der Waals surface area contributed by atoms with Gasteiger partial charge in [-0.3, -0.25) is 4.79 Å². The number of nitrogens with zero attached hydrogens (tertiary/aromatic N) is 1. The molecule has 1 heterocycles. The van der Waals surface area contributed by atoms with Crippen LogP contribution in [0.4, 0.5) is 0 Å². The third-order valence-electron chi connectivity index (χ3n) is 2.99. The van der Waals surface area contributed by atoms with Crippen LogP contribution in [0.3, 0.4) is 0 Å². The fraction of sp³-hybridized carbons (Fsp3) is 0. The third-order valence-corrected chi connectivity index (χ3v) is 4.92. The number of thiophene rings is 1. The van der Waals surface area contributed by atoms with Crippen molar-refractivity contribution in [3.8, 4) is 0 Å². The van der Waals surface area contributed by atoms with Gasteiger partial charge in [0.15, 0.2) is 0 Å². The Hall–Kier alpha value is -1.88. The first-order valence-corrected chi connectivity index (χ1v) is 7.98. The third kappa shape index (κ3) is 3.14. The van der Waals surface area contributed by atoms with Crippen molar-refractivity contribution in [1.82, 2.24) is 5.43 Å². The molecule has 0 spiro atoms. The summed E-state index contributed by atoms with van der Waals surface area (Å²) < 4.78 is 0.972. The molecule has 0 bridgehead atoms. The summed E-state index contributed by atoms with van der Waals surface area (Å²) in [4.78, 5) is 12.6. The summed E-state index contributed by atoms with van der Waals surface area (Å²) in [5.74, 6) is -0.323. The standard InChI is InChI=1S/C16H10Cl2N2OS/c17-11-7-5-10(6-8-11)9-19-20-16(21)15-14(18)12-3-1-2-4-13(12)22-15/h1-9H,(H,20,21)/b19-9+. The molecule has 0 saturated carbocycles. The summed E-state index contributed by atoms with van der Waals surface area (Å²) in [6.07, 6.45) is 1.55. The molecular formula is C16H10Cl2N2OS. The average Bonchev–Trinajstić information content (AvgIpc) is 2.87. The van der Waals surface area contributed by atoms with Crippen LogP contribution < -0.4 is 5.43 Å². The highest BCUT2D eigenvalue weighted by Crippen LogP contribution is 2.34. The summed E-state index contributed by atoms with van der Waals surface area (Å²) in [7, 11) is 0. The van der Waals surface area contributed by atoms with Crippen molar-refractivity contribution in [2.75, 3.05) is 0 Å². The van der Waals surface area contributed by atoms with E-state index in [1.807, 2.05) is 36.4 Å². The minimum absolute atomic E-state index is 0.323. The van der Waals surface area contributed by atoms with Gasteiger partial charge in [0.1, 0.15) is 4.88 Å². The summed E-state index contributed by atoms with van der Waals surface area (Å²) in [5.41, 5.74) is 3.33. The SMILES string of the molecule is O=C(N/N=C/c1ccc(Cl)cc1)c1sc2ccccc2c1Cl. The molecule has 2 aromatic carbocycles. The number of carbonyl (C=O) groups is 1. The van der Waals surface area contributed by atoms with Crippen LogP contribution >= 0.6 is 34.5 Å². The van der Waals surface area contributed by atoms with Crippen molar-refractivity contribution >= 4 is 56.7 Å². The molecule has 0 fully saturated rings. The van der Waals surface area contributed by atoms with Crippen LogP contribution in [0, 0.1) is 0 Å². The maximum Gasteiger partial charge on any atom is 0.283 e. The molecule has 0 aliphatic carbocycles. The Balaban J connectivity index is 1.76. The minimum Gasteiger partial charge on any atom is -0.266 e. The van der Waals surface area contributed by atoms with Crippen molar-refractivity contribution in [3.05, 3.63) is 69.0 Å². The van der Waals surface area contributed by atoms with Gasteiger partial charge in [0.05, 0.1) is 11.2 Å². The number of hydrogen-bond donors (Lipinski definition) is 1. The molecule has 110 valence electrons. The zero-order valence-electron chi connectivity index (χ0n) is 11.2. The number of benzene rings is 2. The lowest BCUT2D eigenvalue weighted by Gasteiger charge is -1.97. The molecule has 0 saturated heterocycles. The second-order valence-electron chi connectivity index (χ2n) is 4.49. The first kappa shape index (κ1) is 15.0. The number of hydrogen-bond acceptors (Lipinski definition) is 3. The fourth-order valence-corrected chi connectivity index (χ4v) is 3.46. The monoisotopic (exact) mass is 348 g/mol. The van der Waals surface area contributed by atoms with E-state index in [0.717, 1.165) is 15.6 Å². The van der Waals surface area contributed by atoms with Crippen molar-refractivity contribution in [3.63, 3.8) is 0 Å². The number of carbonyl (C=O) groups excluding carboxylic acids is 1. The number of halogens is 2. The predicted molar refractivity (Wildman–Crippen MR) is 93.3 cm³/mol. The van der Waals surface area contributed by atoms with Gasteiger partial charge in [-0.05, 0) is 23.8 Å². The maximum atomic E-state index is 12.2. The largest absolute Gasteiger partial charge is 0.283 e. The lowest BCUT2D eigenvalue weighted by molar-refractivity contribution is 0.0959. The first-order valence-electron chi connectivity index (χ1n) is 6.41. The van der Waals surface area contributed by atoms with Crippen LogP contribution in [-0.2, 0) is 0 Å². The quantitative estimate of drug-likeness (QED) is 0.526. The summed E-state index contributed by atoms with van der Waals surface area (Å²) in [5, 5.41) is 5.92. The van der Waals surface area contributed by atoms with E-state index in [9.17, 15) is 4.79 Å². The van der Waals surface area contributed by atoms with Crippen LogP contribution in [-0.4, -0.2) is 12.1 Å². The Labute approximate surface area is 141 Å². The second-order valence-corrected chi connectivity index (χ2v) is 6.36. The van der Waals surface area contributed by atoms with Crippen LogP contribution in [0.5, 0.6) is 0 Å². The average molecular weight is 349 g/mol. The van der Waals surface area contributed by atoms with Gasteiger partial charge in [-0.25, -0.2) is 5.43 Å². The number of nitrogens with one attached hydrogen (secondary N) is 1. The highest BCUT2D eigenvalue weighted by Gasteiger charge is 2.16. The van der Waals surface area contributed by atoms with Crippen LogP contribution in [0.2, 0.25) is 10.0 Å². The number of hydrazone groups is 1. The van der Waals surface area contributed by atoms with Gasteiger partial charge >= 0.3 is 0 Å². The normalized spacial score (nSPS) is 11.2. The van der Waals surface area contributed by atoms with Crippen molar-refractivity contribution < 1.29 is 4.79 Å². The fourth-order valence-electron chi connectivity index (χ4n) is 1.93. The molecule has 3 nitrogen and oxygen atoms in total. The Bertz CT molecular complexity index is 856. The summed E-state index contributed by atoms with van der Waals surface area (Å²) in [6.45, 7) is 0. The van der Waals surface area contributed by atoms with Gasteiger partial charge in [0.2, 0.25) is 0 Å². The molecule has 1 amide bonds. The van der Waals surface area contributed by atoms with Gasteiger partial charge in [0, 0.05) is 15.1 Å². The lowest BCUT2D eigenvalue weighted by Crippen LogP contribution is -2.16. The molecule has 0 aliphatic heterocycles. The highest BCUT2D eigenvalue weighted by atomic mass is 35.5. The number of rotatable bonds is 3. The Kier molecular flexibility index (Phi) is 4.43. The molecule has 3 aromatic rings. The Morgan fingerprint density at radius 2 is 1.82 bits per heavy atom. The number of fused-ring (bicyclic) bond motifs is 1. The van der Waals surface area contributed by atoms with Crippen molar-refractivity contribution in [1.29, 1.82) is 0 Å². The van der Waals surface area contributed by atoms with Gasteiger partial charge in [0.25, 0.3) is 5.91 Å². The first-order chi connectivity index (χ1) is 10.6. The minimum atomic E-state index is -0.323. The summed E-state index contributed by atoms with van der Waals surface area (Å²) >= 11 is 13.4. The lowest BCUT2D eigenvalue weighted by atomic mass is 10.2. The molecular weight excluding hydrogens is 339 g/mol. The van der Waals surface area contributed by atoms with Crippen LogP contribution in [0.25, 0.3) is 10.1 Å². The van der Waals surface area contributed by atoms with Crippen molar-refractivity contribution in [2.24, 2.45) is 5.10 Å². The zero-order chi connectivity index (χ0) is 15.5. The predicted octanol–water partition coefficient (Wildman–Crippen LogP) is 4.97. The molecule has 1 aromatic heterocycles. The van der Waals surface area contributed by atoms with Gasteiger partial charge in [-0.15, -0.1) is 11.3 Å². The van der Waals surface area contributed by atoms with Crippen LogP contribution in [0.1, 0.15) is 15.2 Å². The van der Waals surface area contributed by atoms with E-state index in [1.54, 1.807) is 18.3 Å². The highest BCUT2D eigenvalue weighted by molar-refractivity contribution is 7.21. The maximum absolute atomic E-state index is 12.2. The van der Waals surface area contributed by atoms with Crippen molar-refractivity contribution in [2.45, 2.75) is 0 Å². The molecule has 22 heavy (non-hydrogen) atoms. The van der Waals surface area contributed by atoms with E-state index in [0.29, 0.717) is 14.9 Å². The molecule has 0 unspecified atom stereocenters. The smallest absolute Gasteiger partial charge is 0.266 e. The zero-order valence-corrected chi connectivity index (χ0v) is 13.5. The van der Waals surface area contributed by atoms with Gasteiger partial charge < -0.3 is 0 Å². The van der Waals surface area contributed by atoms with Crippen LogP contribution in [0.15, 0.2) is 53.6 Å². The van der Waals surface area contributed by atoms with E-state index in [1.165, 1.54) is 11.3 Å². The molecule has 1 N–H and O–H groups in total. The summed E-state index contributed by atoms with van der Waals surface area (Å²) in [6, 6.07) is 14.8. The Morgan fingerprint density at radius 3 is 2.55 bits per heavy atom. The number of amides is 1. The molecule has 3 rings (SSSR count). The van der Waals surface area contributed by atoms with Gasteiger partial charge in [-0.2, -0.15) is 5.10 Å². The molecule has 0 aliphatic rings. The second kappa shape index (κ2) is 6.48. The molecule has 6 heteroatoms. The van der Waals surface area contributed by atoms with E-state index >= 15 is 0 Å². The van der Waals surface area contributed by atoms with Gasteiger partial charge in [-0.1, -0.05) is 53.5 Å². The van der Waals surface area contributed by atoms with E-state index in [-0.39, 0.29) is 5.91 Å². The van der Waals surface area contributed by atoms with E-state index in [2.05, 4.69) is 10.5 Å². The topological polar surface area (TPSA) is 41.5 Å². The molecule has 0 atom stereocenters. The molecule has 0 radical (unpaired) electrons.